The van der Waals surface area contributed by atoms with Crippen LogP contribution in [0.25, 0.3) is 78.1 Å². The third-order valence-electron chi connectivity index (χ3n) is 15.5. The number of aromatic nitrogens is 2. The molecule has 14 rings (SSSR count). The fourth-order valence-electron chi connectivity index (χ4n) is 12.4. The molecule has 0 amide bonds. The van der Waals surface area contributed by atoms with Gasteiger partial charge in [0.1, 0.15) is 0 Å². The molecule has 2 aliphatic rings. The molecule has 72 heavy (non-hydrogen) atoms. The summed E-state index contributed by atoms with van der Waals surface area (Å²) in [5.74, 6) is 0. The van der Waals surface area contributed by atoms with Crippen molar-refractivity contribution in [2.24, 2.45) is 0 Å². The number of benzene rings is 11. The van der Waals surface area contributed by atoms with Gasteiger partial charge < -0.3 is 0 Å². The SMILES string of the molecule is c1ccc(-c2nc3c(-c4ccc5c(c4)C(c4ccccc4)(c4ccccc4)c4ccccc4-5)ccc(-c4ccc5c(c4)C(c4ccccc4)(c4ccccc4)c4ccccc4-5)c3nc2-c2ccccc2)cc1. The summed E-state index contributed by atoms with van der Waals surface area (Å²) >= 11 is 0. The molecule has 2 heteroatoms. The molecule has 0 N–H and O–H groups in total. The molecule has 0 fully saturated rings. The van der Waals surface area contributed by atoms with Crippen LogP contribution >= 0.6 is 0 Å². The second-order valence-corrected chi connectivity index (χ2v) is 19.1. The first-order valence-corrected chi connectivity index (χ1v) is 24.9. The monoisotopic (exact) mass is 914 g/mol. The molecule has 12 aromatic rings. The molecular weight excluding hydrogens is 869 g/mol. The summed E-state index contributed by atoms with van der Waals surface area (Å²) in [5, 5.41) is 0. The Morgan fingerprint density at radius 1 is 0.208 bits per heavy atom. The summed E-state index contributed by atoms with van der Waals surface area (Å²) in [6.07, 6.45) is 0. The summed E-state index contributed by atoms with van der Waals surface area (Å²) < 4.78 is 0. The van der Waals surface area contributed by atoms with Gasteiger partial charge in [-0.05, 0) is 90.0 Å². The van der Waals surface area contributed by atoms with Gasteiger partial charge in [0.05, 0.1) is 33.3 Å². The van der Waals surface area contributed by atoms with E-state index in [2.05, 4.69) is 279 Å². The molecule has 11 aromatic carbocycles. The van der Waals surface area contributed by atoms with E-state index in [1.165, 1.54) is 66.8 Å². The van der Waals surface area contributed by atoms with Gasteiger partial charge in [-0.3, -0.25) is 0 Å². The first kappa shape index (κ1) is 41.7. The molecule has 0 atom stereocenters. The van der Waals surface area contributed by atoms with Gasteiger partial charge in [-0.1, -0.05) is 267 Å². The van der Waals surface area contributed by atoms with E-state index >= 15 is 0 Å². The van der Waals surface area contributed by atoms with Gasteiger partial charge in [0.25, 0.3) is 0 Å². The molecule has 0 spiro atoms. The van der Waals surface area contributed by atoms with Crippen molar-refractivity contribution < 1.29 is 0 Å². The van der Waals surface area contributed by atoms with Crippen LogP contribution in [0.15, 0.2) is 279 Å². The van der Waals surface area contributed by atoms with Crippen LogP contribution in [0.2, 0.25) is 0 Å². The van der Waals surface area contributed by atoms with Crippen LogP contribution in [0.1, 0.15) is 44.5 Å². The Kier molecular flexibility index (Phi) is 9.69. The minimum atomic E-state index is -0.548. The lowest BCUT2D eigenvalue weighted by Crippen LogP contribution is -2.28. The highest BCUT2D eigenvalue weighted by atomic mass is 14.8. The fraction of sp³-hybridized carbons (Fsp3) is 0.0286. The van der Waals surface area contributed by atoms with Crippen molar-refractivity contribution in [3.8, 4) is 67.0 Å². The van der Waals surface area contributed by atoms with Crippen molar-refractivity contribution in [1.82, 2.24) is 9.97 Å². The summed E-state index contributed by atoms with van der Waals surface area (Å²) in [5.41, 5.74) is 23.6. The van der Waals surface area contributed by atoms with Crippen LogP contribution in [0.3, 0.4) is 0 Å². The van der Waals surface area contributed by atoms with Crippen LogP contribution in [0, 0.1) is 0 Å². The van der Waals surface area contributed by atoms with Crippen molar-refractivity contribution in [3.63, 3.8) is 0 Å². The van der Waals surface area contributed by atoms with E-state index in [0.717, 1.165) is 55.8 Å². The normalized spacial score (nSPS) is 13.5. The van der Waals surface area contributed by atoms with Crippen molar-refractivity contribution in [2.45, 2.75) is 10.8 Å². The largest absolute Gasteiger partial charge is 0.243 e. The zero-order chi connectivity index (χ0) is 47.6. The minimum Gasteiger partial charge on any atom is -0.243 e. The zero-order valence-electron chi connectivity index (χ0n) is 39.5. The Bertz CT molecular complexity index is 3660. The summed E-state index contributed by atoms with van der Waals surface area (Å²) in [7, 11) is 0. The van der Waals surface area contributed by atoms with Crippen LogP contribution in [0.5, 0.6) is 0 Å². The lowest BCUT2D eigenvalue weighted by Gasteiger charge is -2.34. The van der Waals surface area contributed by atoms with E-state index < -0.39 is 10.8 Å². The molecule has 336 valence electrons. The maximum atomic E-state index is 5.84. The fourth-order valence-corrected chi connectivity index (χ4v) is 12.4. The highest BCUT2D eigenvalue weighted by Gasteiger charge is 2.47. The Morgan fingerprint density at radius 2 is 0.486 bits per heavy atom. The van der Waals surface area contributed by atoms with E-state index in [1.54, 1.807) is 0 Å². The van der Waals surface area contributed by atoms with Gasteiger partial charge in [-0.25, -0.2) is 9.97 Å². The Hall–Kier alpha value is -9.24. The van der Waals surface area contributed by atoms with E-state index in [1.807, 2.05) is 0 Å². The van der Waals surface area contributed by atoms with E-state index in [-0.39, 0.29) is 0 Å². The van der Waals surface area contributed by atoms with Crippen LogP contribution in [-0.2, 0) is 10.8 Å². The number of hydrogen-bond donors (Lipinski definition) is 0. The molecule has 2 aliphatic carbocycles. The number of hydrogen-bond acceptors (Lipinski definition) is 2. The summed E-state index contributed by atoms with van der Waals surface area (Å²) in [6.45, 7) is 0. The maximum Gasteiger partial charge on any atom is 0.0979 e. The average molecular weight is 915 g/mol. The predicted octanol–water partition coefficient (Wildman–Crippen LogP) is 17.0. The molecule has 2 nitrogen and oxygen atoms in total. The number of nitrogens with zero attached hydrogens (tertiary/aromatic N) is 2. The second kappa shape index (κ2) is 16.7. The van der Waals surface area contributed by atoms with Crippen LogP contribution in [0.4, 0.5) is 0 Å². The minimum absolute atomic E-state index is 0.548. The van der Waals surface area contributed by atoms with Gasteiger partial charge in [0.2, 0.25) is 0 Å². The van der Waals surface area contributed by atoms with E-state index in [9.17, 15) is 0 Å². The molecule has 0 bridgehead atoms. The van der Waals surface area contributed by atoms with E-state index in [0.29, 0.717) is 0 Å². The molecule has 1 heterocycles. The Labute approximate surface area is 420 Å². The quantitative estimate of drug-likeness (QED) is 0.152. The first-order valence-electron chi connectivity index (χ1n) is 24.9. The molecule has 0 saturated carbocycles. The lowest BCUT2D eigenvalue weighted by atomic mass is 9.67. The van der Waals surface area contributed by atoms with Gasteiger partial charge >= 0.3 is 0 Å². The van der Waals surface area contributed by atoms with Crippen molar-refractivity contribution in [3.05, 3.63) is 324 Å². The van der Waals surface area contributed by atoms with Gasteiger partial charge in [-0.15, -0.1) is 0 Å². The highest BCUT2D eigenvalue weighted by molar-refractivity contribution is 6.04. The number of rotatable bonds is 8. The van der Waals surface area contributed by atoms with Gasteiger partial charge in [-0.2, -0.15) is 0 Å². The third kappa shape index (κ3) is 6.16. The molecule has 0 aliphatic heterocycles. The van der Waals surface area contributed by atoms with Crippen molar-refractivity contribution in [2.75, 3.05) is 0 Å². The van der Waals surface area contributed by atoms with E-state index in [4.69, 9.17) is 9.97 Å². The Balaban J connectivity index is 1.06. The molecular formula is C70H46N2. The summed E-state index contributed by atoms with van der Waals surface area (Å²) in [4.78, 5) is 11.7. The number of fused-ring (bicyclic) bond motifs is 7. The van der Waals surface area contributed by atoms with Crippen molar-refractivity contribution >= 4 is 11.0 Å². The van der Waals surface area contributed by atoms with Gasteiger partial charge in [0.15, 0.2) is 0 Å². The first-order chi connectivity index (χ1) is 35.7. The molecule has 0 radical (unpaired) electrons. The van der Waals surface area contributed by atoms with Crippen molar-refractivity contribution in [1.29, 1.82) is 0 Å². The smallest absolute Gasteiger partial charge is 0.0979 e. The highest BCUT2D eigenvalue weighted by Crippen LogP contribution is 2.59. The maximum absolute atomic E-state index is 5.84. The molecule has 1 aromatic heterocycles. The topological polar surface area (TPSA) is 25.8 Å². The Morgan fingerprint density at radius 3 is 0.833 bits per heavy atom. The molecule has 0 unspecified atom stereocenters. The van der Waals surface area contributed by atoms with Gasteiger partial charge in [0, 0.05) is 22.3 Å². The molecule has 0 saturated heterocycles. The third-order valence-corrected chi connectivity index (χ3v) is 15.5. The lowest BCUT2D eigenvalue weighted by molar-refractivity contribution is 0.769. The predicted molar refractivity (Wildman–Crippen MR) is 296 cm³/mol. The van der Waals surface area contributed by atoms with Crippen LogP contribution in [-0.4, -0.2) is 9.97 Å². The average Bonchev–Trinajstić information content (AvgIpc) is 3.94. The summed E-state index contributed by atoms with van der Waals surface area (Å²) in [6, 6.07) is 102. The second-order valence-electron chi connectivity index (χ2n) is 19.1. The van der Waals surface area contributed by atoms with Crippen LogP contribution < -0.4 is 0 Å². The zero-order valence-corrected chi connectivity index (χ0v) is 39.5. The standard InChI is InChI=1S/C70H46N2/c1-7-23-47(24-8-1)65-66(48-25-9-2-10-26-48)72-68-56(50-40-42-60-58-36-20-22-38-62(58)70(64(60)46-50,53-31-15-5-16-32-53)54-33-17-6-18-34-54)44-43-55(67(68)71-65)49-39-41-59-57-35-19-21-37-61(57)69(63(59)45-49,51-27-11-3-12-28-51)52-29-13-4-14-30-52/h1-46H.